The van der Waals surface area contributed by atoms with E-state index in [9.17, 15) is 19.0 Å². The molecule has 19 heavy (non-hydrogen) atoms. The number of aryl methyl sites for hydroxylation is 1. The first-order chi connectivity index (χ1) is 8.84. The van der Waals surface area contributed by atoms with E-state index in [0.717, 1.165) is 0 Å². The van der Waals surface area contributed by atoms with Gasteiger partial charge in [0.05, 0.1) is 0 Å². The van der Waals surface area contributed by atoms with Crippen LogP contribution in [0.3, 0.4) is 0 Å². The highest BCUT2D eigenvalue weighted by Gasteiger charge is 2.30. The minimum Gasteiger partial charge on any atom is -0.508 e. The third-order valence-electron chi connectivity index (χ3n) is 3.23. The quantitative estimate of drug-likeness (QED) is 0.874. The molecule has 100 valence electrons. The Kier molecular flexibility index (Phi) is 3.28. The fourth-order valence-corrected chi connectivity index (χ4v) is 1.96. The van der Waals surface area contributed by atoms with E-state index in [2.05, 4.69) is 0 Å². The van der Waals surface area contributed by atoms with E-state index in [1.807, 2.05) is 0 Å². The molecule has 0 fully saturated rings. The second-order valence-corrected chi connectivity index (χ2v) is 4.68. The van der Waals surface area contributed by atoms with Gasteiger partial charge in [0.15, 0.2) is 11.6 Å². The molecule has 0 amide bonds. The van der Waals surface area contributed by atoms with Crippen molar-refractivity contribution in [3.63, 3.8) is 0 Å². The highest BCUT2D eigenvalue weighted by molar-refractivity contribution is 5.39. The number of rotatable bonds is 2. The molecule has 0 aromatic heterocycles. The molecular weight excluding hydrogens is 250 g/mol. The smallest absolute Gasteiger partial charge is 0.165 e. The van der Waals surface area contributed by atoms with Gasteiger partial charge < -0.3 is 10.2 Å². The van der Waals surface area contributed by atoms with Crippen molar-refractivity contribution in [3.8, 4) is 5.75 Å². The number of halogens is 2. The summed E-state index contributed by atoms with van der Waals surface area (Å²) in [5.41, 5.74) is -1.26. The van der Waals surface area contributed by atoms with Crippen LogP contribution in [0.2, 0.25) is 0 Å². The van der Waals surface area contributed by atoms with Crippen molar-refractivity contribution in [2.75, 3.05) is 0 Å². The van der Waals surface area contributed by atoms with E-state index in [0.29, 0.717) is 5.56 Å². The molecule has 0 aliphatic heterocycles. The average Bonchev–Trinajstić information content (AvgIpc) is 2.36. The molecule has 2 rings (SSSR count). The number of phenols is 1. The van der Waals surface area contributed by atoms with Crippen LogP contribution in [0.1, 0.15) is 23.6 Å². The largest absolute Gasteiger partial charge is 0.508 e. The maximum atomic E-state index is 13.9. The van der Waals surface area contributed by atoms with Gasteiger partial charge in [0, 0.05) is 5.56 Å². The maximum absolute atomic E-state index is 13.9. The summed E-state index contributed by atoms with van der Waals surface area (Å²) in [6.45, 7) is 2.84. The van der Waals surface area contributed by atoms with E-state index >= 15 is 0 Å². The second kappa shape index (κ2) is 4.63. The molecule has 0 aliphatic carbocycles. The van der Waals surface area contributed by atoms with Crippen LogP contribution >= 0.6 is 0 Å². The van der Waals surface area contributed by atoms with Gasteiger partial charge in [-0.15, -0.1) is 0 Å². The molecule has 4 heteroatoms. The van der Waals surface area contributed by atoms with Gasteiger partial charge in [-0.05, 0) is 37.1 Å². The zero-order valence-corrected chi connectivity index (χ0v) is 10.6. The average molecular weight is 264 g/mol. The van der Waals surface area contributed by atoms with Gasteiger partial charge >= 0.3 is 0 Å². The van der Waals surface area contributed by atoms with Gasteiger partial charge in [0.2, 0.25) is 0 Å². The summed E-state index contributed by atoms with van der Waals surface area (Å²) in [6.07, 6.45) is 0. The minimum absolute atomic E-state index is 0.0371. The fraction of sp³-hybridized carbons (Fsp3) is 0.200. The van der Waals surface area contributed by atoms with Gasteiger partial charge in [-0.2, -0.15) is 0 Å². The Morgan fingerprint density at radius 3 is 2.11 bits per heavy atom. The second-order valence-electron chi connectivity index (χ2n) is 4.68. The molecule has 0 heterocycles. The van der Waals surface area contributed by atoms with Crippen LogP contribution in [0.25, 0.3) is 0 Å². The lowest BCUT2D eigenvalue weighted by atomic mass is 9.87. The maximum Gasteiger partial charge on any atom is 0.165 e. The molecule has 0 spiro atoms. The topological polar surface area (TPSA) is 40.5 Å². The van der Waals surface area contributed by atoms with Crippen LogP contribution in [-0.2, 0) is 5.60 Å². The molecule has 0 aliphatic rings. The lowest BCUT2D eigenvalue weighted by molar-refractivity contribution is 0.0969. The Morgan fingerprint density at radius 1 is 0.947 bits per heavy atom. The molecule has 1 unspecified atom stereocenters. The summed E-state index contributed by atoms with van der Waals surface area (Å²) in [7, 11) is 0. The first kappa shape index (κ1) is 13.5. The van der Waals surface area contributed by atoms with E-state index in [1.165, 1.54) is 50.2 Å². The zero-order chi connectivity index (χ0) is 14.2. The first-order valence-electron chi connectivity index (χ1n) is 5.81. The van der Waals surface area contributed by atoms with Gasteiger partial charge in [-0.25, -0.2) is 8.78 Å². The molecule has 2 N–H and O–H groups in total. The van der Waals surface area contributed by atoms with Crippen molar-refractivity contribution >= 4 is 0 Å². The summed E-state index contributed by atoms with van der Waals surface area (Å²) in [5.74, 6) is -1.98. The number of hydrogen-bond donors (Lipinski definition) is 2. The molecular formula is C15H14F2O2. The summed E-state index contributed by atoms with van der Waals surface area (Å²) in [5, 5.41) is 19.7. The van der Waals surface area contributed by atoms with Crippen LogP contribution in [0.15, 0.2) is 36.4 Å². The highest BCUT2D eigenvalue weighted by Crippen LogP contribution is 2.33. The molecule has 1 atom stereocenters. The van der Waals surface area contributed by atoms with Crippen molar-refractivity contribution in [2.24, 2.45) is 0 Å². The Hall–Kier alpha value is -1.94. The SMILES string of the molecule is Cc1ccc(C(C)(O)c2ccc(O)cc2)c(F)c1F. The summed E-state index contributed by atoms with van der Waals surface area (Å²) < 4.78 is 27.5. The molecule has 0 saturated heterocycles. The number of aromatic hydroxyl groups is 1. The van der Waals surface area contributed by atoms with E-state index in [4.69, 9.17) is 0 Å². The Morgan fingerprint density at radius 2 is 1.53 bits per heavy atom. The lowest BCUT2D eigenvalue weighted by Crippen LogP contribution is -2.25. The van der Waals surface area contributed by atoms with Crippen LogP contribution in [0.4, 0.5) is 8.78 Å². The number of phenolic OH excluding ortho intramolecular Hbond substituents is 1. The Labute approximate surface area is 110 Å². The first-order valence-corrected chi connectivity index (χ1v) is 5.81. The van der Waals surface area contributed by atoms with Crippen LogP contribution in [-0.4, -0.2) is 10.2 Å². The Bertz CT molecular complexity index is 604. The third kappa shape index (κ3) is 2.31. The highest BCUT2D eigenvalue weighted by atomic mass is 19.2. The van der Waals surface area contributed by atoms with Gasteiger partial charge in [0.25, 0.3) is 0 Å². The number of aliphatic hydroxyl groups is 1. The number of benzene rings is 2. The van der Waals surface area contributed by atoms with Gasteiger partial charge in [-0.3, -0.25) is 0 Å². The Balaban J connectivity index is 2.56. The summed E-state index contributed by atoms with van der Waals surface area (Å²) >= 11 is 0. The number of hydrogen-bond acceptors (Lipinski definition) is 2. The summed E-state index contributed by atoms with van der Waals surface area (Å²) in [6, 6.07) is 8.47. The zero-order valence-electron chi connectivity index (χ0n) is 10.6. The molecule has 2 nitrogen and oxygen atoms in total. The molecule has 0 radical (unpaired) electrons. The van der Waals surface area contributed by atoms with Crippen molar-refractivity contribution in [2.45, 2.75) is 19.4 Å². The minimum atomic E-state index is -1.67. The van der Waals surface area contributed by atoms with E-state index in [-0.39, 0.29) is 16.9 Å². The predicted molar refractivity (Wildman–Crippen MR) is 67.9 cm³/mol. The standard InChI is InChI=1S/C15H14F2O2/c1-9-3-8-12(14(17)13(9)16)15(2,19)10-4-6-11(18)7-5-10/h3-8,18-19H,1-2H3. The molecule has 0 saturated carbocycles. The van der Waals surface area contributed by atoms with Crippen molar-refractivity contribution in [3.05, 3.63) is 64.7 Å². The monoisotopic (exact) mass is 264 g/mol. The van der Waals surface area contributed by atoms with E-state index in [1.54, 1.807) is 0 Å². The predicted octanol–water partition coefficient (Wildman–Crippen LogP) is 3.23. The van der Waals surface area contributed by atoms with Crippen molar-refractivity contribution in [1.29, 1.82) is 0 Å². The molecule has 2 aromatic carbocycles. The van der Waals surface area contributed by atoms with Crippen LogP contribution < -0.4 is 0 Å². The van der Waals surface area contributed by atoms with Crippen molar-refractivity contribution < 1.29 is 19.0 Å². The van der Waals surface area contributed by atoms with Gasteiger partial charge in [-0.1, -0.05) is 24.3 Å². The van der Waals surface area contributed by atoms with E-state index < -0.39 is 17.2 Å². The lowest BCUT2D eigenvalue weighted by Gasteiger charge is -2.25. The normalized spacial score (nSPS) is 14.2. The third-order valence-corrected chi connectivity index (χ3v) is 3.23. The van der Waals surface area contributed by atoms with Crippen LogP contribution in [0.5, 0.6) is 5.75 Å². The molecule has 2 aromatic rings. The summed E-state index contributed by atoms with van der Waals surface area (Å²) in [4.78, 5) is 0. The van der Waals surface area contributed by atoms with Crippen LogP contribution in [0, 0.1) is 18.6 Å². The van der Waals surface area contributed by atoms with Crippen molar-refractivity contribution in [1.82, 2.24) is 0 Å². The molecule has 0 bridgehead atoms. The van der Waals surface area contributed by atoms with Gasteiger partial charge in [0.1, 0.15) is 11.4 Å². The fourth-order valence-electron chi connectivity index (χ4n) is 1.96.